The Labute approximate surface area is 167 Å². The normalized spacial score (nSPS) is 10.7. The molecule has 4 aromatic rings. The summed E-state index contributed by atoms with van der Waals surface area (Å²) in [6, 6.07) is 21.1. The molecule has 4 nitrogen and oxygen atoms in total. The van der Waals surface area contributed by atoms with Crippen LogP contribution in [-0.4, -0.2) is 18.4 Å². The molecule has 1 heterocycles. The number of halogens is 1. The van der Waals surface area contributed by atoms with Crippen molar-refractivity contribution in [3.05, 3.63) is 89.7 Å². The monoisotopic (exact) mass is 387 g/mol. The van der Waals surface area contributed by atoms with Crippen LogP contribution in [0.5, 0.6) is 11.5 Å². The molecule has 0 fully saturated rings. The zero-order chi connectivity index (χ0) is 20.2. The smallest absolute Gasteiger partial charge is 0.163 e. The van der Waals surface area contributed by atoms with Crippen LogP contribution in [0.25, 0.3) is 22.2 Å². The second-order valence-electron chi connectivity index (χ2n) is 6.49. The lowest BCUT2D eigenvalue weighted by Crippen LogP contribution is -1.99. The molecular weight excluding hydrogens is 369 g/mol. The van der Waals surface area contributed by atoms with Crippen molar-refractivity contribution >= 4 is 17.2 Å². The first-order valence-electron chi connectivity index (χ1n) is 9.09. The molecule has 0 bridgehead atoms. The van der Waals surface area contributed by atoms with Gasteiger partial charge in [-0.15, -0.1) is 0 Å². The Morgan fingerprint density at radius 3 is 2.45 bits per heavy atom. The lowest BCUT2D eigenvalue weighted by atomic mass is 10.0. The van der Waals surface area contributed by atoms with E-state index in [0.29, 0.717) is 45.8 Å². The van der Waals surface area contributed by atoms with Crippen LogP contribution >= 0.6 is 0 Å². The average molecular weight is 387 g/mol. The quantitative estimate of drug-likeness (QED) is 0.413. The van der Waals surface area contributed by atoms with Crippen LogP contribution in [0.1, 0.15) is 15.9 Å². The summed E-state index contributed by atoms with van der Waals surface area (Å²) in [6.07, 6.45) is 0.734. The Morgan fingerprint density at radius 1 is 0.966 bits per heavy atom. The number of nitrogens with zero attached hydrogens (tertiary/aromatic N) is 1. The zero-order valence-electron chi connectivity index (χ0n) is 15.8. The van der Waals surface area contributed by atoms with Crippen molar-refractivity contribution in [2.75, 3.05) is 7.11 Å². The standard InChI is InChI=1S/C24H18FNO3/c1-28-23-12-19-17(14-27)11-21(18-9-5-6-10-20(18)25)26-22(19)13-24(23)29-15-16-7-3-2-4-8-16/h2-14H,15H2,1H3. The first-order valence-corrected chi connectivity index (χ1v) is 9.09. The number of hydrogen-bond donors (Lipinski definition) is 0. The van der Waals surface area contributed by atoms with E-state index in [4.69, 9.17) is 9.47 Å². The molecule has 0 radical (unpaired) electrons. The van der Waals surface area contributed by atoms with Gasteiger partial charge < -0.3 is 9.47 Å². The summed E-state index contributed by atoms with van der Waals surface area (Å²) in [6.45, 7) is 0.357. The van der Waals surface area contributed by atoms with E-state index in [1.807, 2.05) is 30.3 Å². The molecule has 0 N–H and O–H groups in total. The second kappa shape index (κ2) is 8.10. The van der Waals surface area contributed by atoms with Gasteiger partial charge in [-0.1, -0.05) is 42.5 Å². The highest BCUT2D eigenvalue weighted by atomic mass is 19.1. The highest BCUT2D eigenvalue weighted by molar-refractivity contribution is 5.99. The van der Waals surface area contributed by atoms with Crippen LogP contribution in [0.2, 0.25) is 0 Å². The van der Waals surface area contributed by atoms with Crippen LogP contribution in [-0.2, 0) is 6.61 Å². The van der Waals surface area contributed by atoms with Crippen LogP contribution in [0.15, 0.2) is 72.8 Å². The highest BCUT2D eigenvalue weighted by Crippen LogP contribution is 2.35. The highest BCUT2D eigenvalue weighted by Gasteiger charge is 2.14. The van der Waals surface area contributed by atoms with Crippen LogP contribution in [0, 0.1) is 5.82 Å². The number of ether oxygens (including phenoxy) is 2. The molecule has 0 atom stereocenters. The summed E-state index contributed by atoms with van der Waals surface area (Å²) < 4.78 is 25.6. The summed E-state index contributed by atoms with van der Waals surface area (Å²) in [4.78, 5) is 16.3. The van der Waals surface area contributed by atoms with Gasteiger partial charge in [0.2, 0.25) is 0 Å². The number of pyridine rings is 1. The van der Waals surface area contributed by atoms with E-state index in [9.17, 15) is 9.18 Å². The number of fused-ring (bicyclic) bond motifs is 1. The molecule has 3 aromatic carbocycles. The van der Waals surface area contributed by atoms with Gasteiger partial charge in [0.15, 0.2) is 17.8 Å². The predicted molar refractivity (Wildman–Crippen MR) is 110 cm³/mol. The van der Waals surface area contributed by atoms with Crippen molar-refractivity contribution in [3.8, 4) is 22.8 Å². The van der Waals surface area contributed by atoms with E-state index < -0.39 is 5.82 Å². The fourth-order valence-corrected chi connectivity index (χ4v) is 3.17. The number of carbonyl (C=O) groups is 1. The molecular formula is C24H18FNO3. The number of rotatable bonds is 6. The first-order chi connectivity index (χ1) is 14.2. The third-order valence-electron chi connectivity index (χ3n) is 4.64. The maximum atomic E-state index is 14.2. The van der Waals surface area contributed by atoms with Crippen molar-refractivity contribution in [1.82, 2.24) is 4.98 Å². The molecule has 0 saturated carbocycles. The molecule has 0 spiro atoms. The van der Waals surface area contributed by atoms with Gasteiger partial charge in [-0.2, -0.15) is 0 Å². The molecule has 0 amide bonds. The Hall–Kier alpha value is -3.73. The second-order valence-corrected chi connectivity index (χ2v) is 6.49. The van der Waals surface area contributed by atoms with Gasteiger partial charge in [0.05, 0.1) is 18.3 Å². The van der Waals surface area contributed by atoms with Crippen molar-refractivity contribution < 1.29 is 18.7 Å². The molecule has 0 saturated heterocycles. The van der Waals surface area contributed by atoms with Crippen LogP contribution in [0.4, 0.5) is 4.39 Å². The topological polar surface area (TPSA) is 48.4 Å². The summed E-state index contributed by atoms with van der Waals surface area (Å²) in [7, 11) is 1.54. The fourth-order valence-electron chi connectivity index (χ4n) is 3.17. The van der Waals surface area contributed by atoms with E-state index in [1.165, 1.54) is 13.2 Å². The number of methoxy groups -OCH3 is 1. The van der Waals surface area contributed by atoms with Gasteiger partial charge in [-0.3, -0.25) is 4.79 Å². The molecule has 5 heteroatoms. The SMILES string of the molecule is COc1cc2c(C=O)cc(-c3ccccc3F)nc2cc1OCc1ccccc1. The number of aldehydes is 1. The van der Waals surface area contributed by atoms with E-state index in [2.05, 4.69) is 4.98 Å². The predicted octanol–water partition coefficient (Wildman–Crippen LogP) is 5.44. The molecule has 1 aromatic heterocycles. The van der Waals surface area contributed by atoms with Crippen molar-refractivity contribution in [2.24, 2.45) is 0 Å². The van der Waals surface area contributed by atoms with E-state index in [0.717, 1.165) is 11.8 Å². The zero-order valence-corrected chi connectivity index (χ0v) is 15.8. The largest absolute Gasteiger partial charge is 0.493 e. The van der Waals surface area contributed by atoms with Crippen molar-refractivity contribution in [2.45, 2.75) is 6.61 Å². The number of carbonyl (C=O) groups excluding carboxylic acids is 1. The Morgan fingerprint density at radius 2 is 1.72 bits per heavy atom. The molecule has 29 heavy (non-hydrogen) atoms. The van der Waals surface area contributed by atoms with Gasteiger partial charge >= 0.3 is 0 Å². The Kier molecular flexibility index (Phi) is 5.20. The third-order valence-corrected chi connectivity index (χ3v) is 4.64. The minimum Gasteiger partial charge on any atom is -0.493 e. The number of benzene rings is 3. The summed E-state index contributed by atoms with van der Waals surface area (Å²) in [5, 5.41) is 0.615. The van der Waals surface area contributed by atoms with Crippen LogP contribution in [0.3, 0.4) is 0 Å². The van der Waals surface area contributed by atoms with Gasteiger partial charge in [0, 0.05) is 22.6 Å². The number of aromatic nitrogens is 1. The maximum absolute atomic E-state index is 14.2. The minimum atomic E-state index is -0.398. The first kappa shape index (κ1) is 18.6. The summed E-state index contributed by atoms with van der Waals surface area (Å²) >= 11 is 0. The van der Waals surface area contributed by atoms with Gasteiger partial charge in [0.25, 0.3) is 0 Å². The van der Waals surface area contributed by atoms with E-state index in [-0.39, 0.29) is 0 Å². The third kappa shape index (κ3) is 3.80. The molecule has 0 aliphatic rings. The Balaban J connectivity index is 1.81. The molecule has 0 aliphatic carbocycles. The van der Waals surface area contributed by atoms with Gasteiger partial charge in [-0.05, 0) is 29.8 Å². The van der Waals surface area contributed by atoms with E-state index in [1.54, 1.807) is 36.4 Å². The Bertz CT molecular complexity index is 1180. The minimum absolute atomic E-state index is 0.333. The van der Waals surface area contributed by atoms with Crippen LogP contribution < -0.4 is 9.47 Å². The molecule has 4 rings (SSSR count). The van der Waals surface area contributed by atoms with Gasteiger partial charge in [0.1, 0.15) is 12.4 Å². The summed E-state index contributed by atoms with van der Waals surface area (Å²) in [5.41, 5.74) is 2.66. The summed E-state index contributed by atoms with van der Waals surface area (Å²) in [5.74, 6) is 0.598. The van der Waals surface area contributed by atoms with Crippen molar-refractivity contribution in [3.63, 3.8) is 0 Å². The fraction of sp³-hybridized carbons (Fsp3) is 0.0833. The van der Waals surface area contributed by atoms with Gasteiger partial charge in [-0.25, -0.2) is 9.37 Å². The molecule has 0 unspecified atom stereocenters. The van der Waals surface area contributed by atoms with E-state index >= 15 is 0 Å². The average Bonchev–Trinajstić information content (AvgIpc) is 2.77. The maximum Gasteiger partial charge on any atom is 0.163 e. The lowest BCUT2D eigenvalue weighted by molar-refractivity contribution is 0.112. The van der Waals surface area contributed by atoms with Crippen molar-refractivity contribution in [1.29, 1.82) is 0 Å². The molecule has 144 valence electrons. The molecule has 0 aliphatic heterocycles. The lowest BCUT2D eigenvalue weighted by Gasteiger charge is -2.14. The number of hydrogen-bond acceptors (Lipinski definition) is 4.